The molecule has 0 saturated carbocycles. The summed E-state index contributed by atoms with van der Waals surface area (Å²) in [5.41, 5.74) is 0.890. The minimum atomic E-state index is -0.857. The summed E-state index contributed by atoms with van der Waals surface area (Å²) in [6.07, 6.45) is 0.372. The van der Waals surface area contributed by atoms with Crippen molar-refractivity contribution < 1.29 is 23.9 Å². The second kappa shape index (κ2) is 8.04. The Balaban J connectivity index is 2.60. The molecule has 0 spiro atoms. The number of hydrogen-bond acceptors (Lipinski definition) is 5. The molecule has 114 valence electrons. The number of Topliss-reactive ketones (excluding diaryl/α,β-unsaturated/α-hetero) is 1. The molecular weight excluding hydrogens is 274 g/mol. The fourth-order valence-electron chi connectivity index (χ4n) is 1.73. The number of hydrogen-bond donors (Lipinski definition) is 1. The summed E-state index contributed by atoms with van der Waals surface area (Å²) in [4.78, 5) is 33.5. The highest BCUT2D eigenvalue weighted by molar-refractivity contribution is 5.83. The Bertz CT molecular complexity index is 509. The summed E-state index contributed by atoms with van der Waals surface area (Å²) in [6, 6.07) is 6.12. The number of ether oxygens (including phenoxy) is 2. The Morgan fingerprint density at radius 2 is 1.76 bits per heavy atom. The van der Waals surface area contributed by atoms with E-state index in [1.165, 1.54) is 21.0 Å². The molecule has 1 aromatic carbocycles. The lowest BCUT2D eigenvalue weighted by molar-refractivity contribution is -0.145. The molecule has 1 N–H and O–H groups in total. The molecule has 1 atom stereocenters. The molecule has 0 radical (unpaired) electrons. The highest BCUT2D eigenvalue weighted by atomic mass is 16.5. The van der Waals surface area contributed by atoms with Crippen LogP contribution in [0, 0.1) is 0 Å². The highest BCUT2D eigenvalue weighted by Crippen LogP contribution is 2.13. The summed E-state index contributed by atoms with van der Waals surface area (Å²) in [5, 5.41) is 2.46. The maximum absolute atomic E-state index is 11.5. The lowest BCUT2D eigenvalue weighted by Gasteiger charge is -2.16. The first-order chi connectivity index (χ1) is 9.92. The van der Waals surface area contributed by atoms with Crippen LogP contribution in [-0.4, -0.2) is 37.4 Å². The molecule has 0 fully saturated rings. The summed E-state index contributed by atoms with van der Waals surface area (Å²) in [5.74, 6) is -0.286. The van der Waals surface area contributed by atoms with E-state index in [0.29, 0.717) is 12.2 Å². The van der Waals surface area contributed by atoms with Crippen molar-refractivity contribution in [2.24, 2.45) is 0 Å². The van der Waals surface area contributed by atoms with Gasteiger partial charge in [-0.3, -0.25) is 9.59 Å². The minimum Gasteiger partial charge on any atom is -0.491 e. The summed E-state index contributed by atoms with van der Waals surface area (Å²) in [7, 11) is 1.24. The molecule has 6 heteroatoms. The first-order valence-corrected chi connectivity index (χ1v) is 6.48. The quantitative estimate of drug-likeness (QED) is 0.755. The zero-order valence-corrected chi connectivity index (χ0v) is 12.3. The maximum atomic E-state index is 11.5. The van der Waals surface area contributed by atoms with Gasteiger partial charge in [-0.25, -0.2) is 4.79 Å². The van der Waals surface area contributed by atoms with Gasteiger partial charge in [0.05, 0.1) is 7.11 Å². The number of methoxy groups -OCH3 is 1. The van der Waals surface area contributed by atoms with Crippen LogP contribution < -0.4 is 10.1 Å². The van der Waals surface area contributed by atoms with E-state index in [2.05, 4.69) is 10.1 Å². The van der Waals surface area contributed by atoms with Gasteiger partial charge in [0.2, 0.25) is 5.91 Å². The number of carbonyl (C=O) groups is 3. The predicted molar refractivity (Wildman–Crippen MR) is 75.9 cm³/mol. The lowest BCUT2D eigenvalue weighted by Crippen LogP contribution is -2.44. The van der Waals surface area contributed by atoms with Crippen LogP contribution in [0.1, 0.15) is 19.4 Å². The van der Waals surface area contributed by atoms with Crippen molar-refractivity contribution in [1.82, 2.24) is 5.32 Å². The van der Waals surface area contributed by atoms with Gasteiger partial charge in [-0.2, -0.15) is 0 Å². The Labute approximate surface area is 123 Å². The first-order valence-electron chi connectivity index (χ1n) is 6.48. The molecule has 0 aliphatic heterocycles. The van der Waals surface area contributed by atoms with Crippen LogP contribution in [-0.2, 0) is 25.5 Å². The third-order valence-corrected chi connectivity index (χ3v) is 2.66. The Kier molecular flexibility index (Phi) is 6.39. The van der Waals surface area contributed by atoms with Crippen molar-refractivity contribution in [3.8, 4) is 5.75 Å². The van der Waals surface area contributed by atoms with E-state index in [1.54, 1.807) is 24.3 Å². The van der Waals surface area contributed by atoms with E-state index < -0.39 is 12.0 Å². The van der Waals surface area contributed by atoms with Crippen LogP contribution in [0.3, 0.4) is 0 Å². The highest BCUT2D eigenvalue weighted by Gasteiger charge is 2.20. The number of esters is 1. The number of nitrogens with one attached hydrogen (secondary N) is 1. The second-order valence-corrected chi connectivity index (χ2v) is 4.61. The van der Waals surface area contributed by atoms with E-state index in [1.807, 2.05) is 0 Å². The standard InChI is InChI=1S/C15H19NO5/c1-10(17)8-12-4-6-13(7-5-12)21-9-14(15(19)20-3)16-11(2)18/h4-7,14H,8-9H2,1-3H3,(H,16,18). The lowest BCUT2D eigenvalue weighted by atomic mass is 10.1. The molecule has 1 aromatic rings. The first kappa shape index (κ1) is 16.7. The number of rotatable bonds is 7. The van der Waals surface area contributed by atoms with E-state index >= 15 is 0 Å². The van der Waals surface area contributed by atoms with Crippen LogP contribution in [0.15, 0.2) is 24.3 Å². The summed E-state index contributed by atoms with van der Waals surface area (Å²) in [6.45, 7) is 2.81. The molecule has 0 bridgehead atoms. The van der Waals surface area contributed by atoms with E-state index in [4.69, 9.17) is 4.74 Å². The molecular formula is C15H19NO5. The van der Waals surface area contributed by atoms with Gasteiger partial charge in [0, 0.05) is 13.3 Å². The summed E-state index contributed by atoms with van der Waals surface area (Å²) < 4.78 is 10.0. The molecule has 0 aliphatic rings. The molecule has 0 aliphatic carbocycles. The average molecular weight is 293 g/mol. The topological polar surface area (TPSA) is 81.7 Å². The van der Waals surface area contributed by atoms with Crippen molar-refractivity contribution in [2.75, 3.05) is 13.7 Å². The van der Waals surface area contributed by atoms with E-state index in [0.717, 1.165) is 5.56 Å². The molecule has 0 heterocycles. The van der Waals surface area contributed by atoms with E-state index in [9.17, 15) is 14.4 Å². The number of benzene rings is 1. The van der Waals surface area contributed by atoms with Crippen LogP contribution in [0.25, 0.3) is 0 Å². The molecule has 6 nitrogen and oxygen atoms in total. The number of ketones is 1. The molecule has 1 unspecified atom stereocenters. The van der Waals surface area contributed by atoms with Crippen molar-refractivity contribution in [2.45, 2.75) is 26.3 Å². The average Bonchev–Trinajstić information content (AvgIpc) is 2.43. The Morgan fingerprint density at radius 3 is 2.24 bits per heavy atom. The van der Waals surface area contributed by atoms with Gasteiger partial charge >= 0.3 is 5.97 Å². The maximum Gasteiger partial charge on any atom is 0.331 e. The molecule has 1 amide bonds. The SMILES string of the molecule is COC(=O)C(COc1ccc(CC(C)=O)cc1)NC(C)=O. The van der Waals surface area contributed by atoms with Gasteiger partial charge in [0.25, 0.3) is 0 Å². The normalized spacial score (nSPS) is 11.4. The van der Waals surface area contributed by atoms with Gasteiger partial charge in [-0.1, -0.05) is 12.1 Å². The van der Waals surface area contributed by atoms with Crippen molar-refractivity contribution in [1.29, 1.82) is 0 Å². The predicted octanol–water partition coefficient (Wildman–Crippen LogP) is 0.875. The van der Waals surface area contributed by atoms with Crippen LogP contribution in [0.4, 0.5) is 0 Å². The number of carbonyl (C=O) groups excluding carboxylic acids is 3. The Morgan fingerprint density at radius 1 is 1.14 bits per heavy atom. The zero-order chi connectivity index (χ0) is 15.8. The number of amides is 1. The fraction of sp³-hybridized carbons (Fsp3) is 0.400. The van der Waals surface area contributed by atoms with Crippen LogP contribution in [0.5, 0.6) is 5.75 Å². The van der Waals surface area contributed by atoms with Gasteiger partial charge in [0.15, 0.2) is 6.04 Å². The van der Waals surface area contributed by atoms with Gasteiger partial charge in [-0.15, -0.1) is 0 Å². The fourth-order valence-corrected chi connectivity index (χ4v) is 1.73. The van der Waals surface area contributed by atoms with Gasteiger partial charge < -0.3 is 14.8 Å². The van der Waals surface area contributed by atoms with Gasteiger partial charge in [-0.05, 0) is 24.6 Å². The van der Waals surface area contributed by atoms with Crippen molar-refractivity contribution in [3.63, 3.8) is 0 Å². The minimum absolute atomic E-state index is 0.0295. The molecule has 21 heavy (non-hydrogen) atoms. The third kappa shape index (κ3) is 6.07. The smallest absolute Gasteiger partial charge is 0.331 e. The van der Waals surface area contributed by atoms with Crippen molar-refractivity contribution >= 4 is 17.7 Å². The molecule has 0 saturated heterocycles. The molecule has 1 rings (SSSR count). The largest absolute Gasteiger partial charge is 0.491 e. The monoisotopic (exact) mass is 293 g/mol. The van der Waals surface area contributed by atoms with Crippen LogP contribution >= 0.6 is 0 Å². The third-order valence-electron chi connectivity index (χ3n) is 2.66. The van der Waals surface area contributed by atoms with Crippen molar-refractivity contribution in [3.05, 3.63) is 29.8 Å². The zero-order valence-electron chi connectivity index (χ0n) is 12.3. The molecule has 0 aromatic heterocycles. The second-order valence-electron chi connectivity index (χ2n) is 4.61. The van der Waals surface area contributed by atoms with Gasteiger partial charge in [0.1, 0.15) is 18.1 Å². The van der Waals surface area contributed by atoms with Crippen LogP contribution in [0.2, 0.25) is 0 Å². The Hall–Kier alpha value is -2.37. The van der Waals surface area contributed by atoms with E-state index in [-0.39, 0.29) is 18.3 Å². The summed E-state index contributed by atoms with van der Waals surface area (Å²) >= 11 is 0.